The van der Waals surface area contributed by atoms with Crippen molar-refractivity contribution < 1.29 is 8.91 Å². The van der Waals surface area contributed by atoms with Crippen molar-refractivity contribution in [3.05, 3.63) is 57.8 Å². The van der Waals surface area contributed by atoms with E-state index in [0.29, 0.717) is 27.5 Å². The number of hydrogen-bond donors (Lipinski definition) is 1. The molecule has 2 aromatic carbocycles. The van der Waals surface area contributed by atoms with E-state index in [0.717, 1.165) is 4.47 Å². The van der Waals surface area contributed by atoms with Gasteiger partial charge in [0, 0.05) is 15.6 Å². The second kappa shape index (κ2) is 5.50. The molecule has 0 fully saturated rings. The minimum atomic E-state index is -0.392. The molecule has 0 saturated carbocycles. The van der Waals surface area contributed by atoms with Crippen LogP contribution in [-0.4, -0.2) is 5.16 Å². The van der Waals surface area contributed by atoms with Gasteiger partial charge in [-0.1, -0.05) is 35.0 Å². The van der Waals surface area contributed by atoms with Crippen LogP contribution in [0.2, 0.25) is 5.02 Å². The molecule has 0 spiro atoms. The Labute approximate surface area is 133 Å². The van der Waals surface area contributed by atoms with Gasteiger partial charge >= 0.3 is 0 Å². The first-order chi connectivity index (χ1) is 10.1. The summed E-state index contributed by atoms with van der Waals surface area (Å²) in [5, 5.41) is 4.26. The highest BCUT2D eigenvalue weighted by molar-refractivity contribution is 9.10. The second-order valence-electron chi connectivity index (χ2n) is 4.38. The van der Waals surface area contributed by atoms with Crippen molar-refractivity contribution in [1.29, 1.82) is 0 Å². The van der Waals surface area contributed by atoms with E-state index in [4.69, 9.17) is 21.9 Å². The predicted molar refractivity (Wildman–Crippen MR) is 84.5 cm³/mol. The zero-order valence-corrected chi connectivity index (χ0v) is 13.0. The summed E-state index contributed by atoms with van der Waals surface area (Å²) in [7, 11) is 0. The van der Waals surface area contributed by atoms with Gasteiger partial charge in [-0.15, -0.1) is 0 Å². The van der Waals surface area contributed by atoms with Crippen LogP contribution in [0.25, 0.3) is 22.5 Å². The van der Waals surface area contributed by atoms with Crippen molar-refractivity contribution >= 4 is 33.3 Å². The van der Waals surface area contributed by atoms with Crippen LogP contribution < -0.4 is 5.73 Å². The number of nitrogens with zero attached hydrogens (tertiary/aromatic N) is 1. The smallest absolute Gasteiger partial charge is 0.177 e. The molecule has 0 bridgehead atoms. The Kier molecular flexibility index (Phi) is 3.69. The van der Waals surface area contributed by atoms with E-state index >= 15 is 0 Å². The summed E-state index contributed by atoms with van der Waals surface area (Å²) >= 11 is 9.41. The van der Waals surface area contributed by atoms with E-state index in [9.17, 15) is 4.39 Å². The molecule has 1 heterocycles. The van der Waals surface area contributed by atoms with Crippen molar-refractivity contribution in [1.82, 2.24) is 5.16 Å². The molecule has 0 aliphatic heterocycles. The molecule has 6 heteroatoms. The molecule has 0 amide bonds. The van der Waals surface area contributed by atoms with E-state index in [1.807, 2.05) is 0 Å². The maximum absolute atomic E-state index is 14.0. The van der Waals surface area contributed by atoms with Crippen molar-refractivity contribution in [3.63, 3.8) is 0 Å². The number of aromatic nitrogens is 1. The standard InChI is InChI=1S/C15H9BrClFN2O/c16-10-6-5-8(7-11(10)17)14-13(15(19)20-21-14)9-3-1-2-4-12(9)18/h1-7H,(H2,19,20). The van der Waals surface area contributed by atoms with Gasteiger partial charge in [-0.05, 0) is 40.2 Å². The lowest BCUT2D eigenvalue weighted by molar-refractivity contribution is 0.436. The number of benzene rings is 2. The Morgan fingerprint density at radius 2 is 1.95 bits per heavy atom. The van der Waals surface area contributed by atoms with Crippen LogP contribution >= 0.6 is 27.5 Å². The van der Waals surface area contributed by atoms with Crippen molar-refractivity contribution in [2.45, 2.75) is 0 Å². The van der Waals surface area contributed by atoms with Crippen LogP contribution in [0.5, 0.6) is 0 Å². The molecule has 106 valence electrons. The first-order valence-electron chi connectivity index (χ1n) is 6.03. The van der Waals surface area contributed by atoms with Crippen LogP contribution in [0, 0.1) is 5.82 Å². The molecule has 3 aromatic rings. The average molecular weight is 368 g/mol. The third-order valence-electron chi connectivity index (χ3n) is 3.04. The molecule has 0 aliphatic carbocycles. The summed E-state index contributed by atoms with van der Waals surface area (Å²) in [5.41, 5.74) is 7.27. The molecular formula is C15H9BrClFN2O. The number of nitrogens with two attached hydrogens (primary N) is 1. The minimum absolute atomic E-state index is 0.133. The average Bonchev–Trinajstić information content (AvgIpc) is 2.84. The van der Waals surface area contributed by atoms with Gasteiger partial charge in [0.1, 0.15) is 5.82 Å². The molecule has 1 aromatic heterocycles. The van der Waals surface area contributed by atoms with Crippen molar-refractivity contribution in [3.8, 4) is 22.5 Å². The summed E-state index contributed by atoms with van der Waals surface area (Å²) in [6.45, 7) is 0. The van der Waals surface area contributed by atoms with E-state index in [-0.39, 0.29) is 5.82 Å². The molecule has 2 N–H and O–H groups in total. The summed E-state index contributed by atoms with van der Waals surface area (Å²) in [6, 6.07) is 11.6. The Morgan fingerprint density at radius 1 is 1.19 bits per heavy atom. The lowest BCUT2D eigenvalue weighted by Crippen LogP contribution is -1.91. The third-order valence-corrected chi connectivity index (χ3v) is 4.28. The Bertz CT molecular complexity index is 819. The van der Waals surface area contributed by atoms with Crippen LogP contribution in [0.3, 0.4) is 0 Å². The molecule has 0 aliphatic rings. The first-order valence-corrected chi connectivity index (χ1v) is 7.20. The van der Waals surface area contributed by atoms with E-state index in [1.165, 1.54) is 6.07 Å². The van der Waals surface area contributed by atoms with Gasteiger partial charge in [0.15, 0.2) is 11.6 Å². The highest BCUT2D eigenvalue weighted by Crippen LogP contribution is 2.39. The number of rotatable bonds is 2. The predicted octanol–water partition coefficient (Wildman–Crippen LogP) is 5.15. The SMILES string of the molecule is Nc1noc(-c2ccc(Br)c(Cl)c2)c1-c1ccccc1F. The fourth-order valence-electron chi connectivity index (χ4n) is 2.06. The Balaban J connectivity index is 2.22. The maximum atomic E-state index is 14.0. The second-order valence-corrected chi connectivity index (χ2v) is 5.64. The minimum Gasteiger partial charge on any atom is -0.380 e. The van der Waals surface area contributed by atoms with Gasteiger partial charge in [-0.2, -0.15) is 0 Å². The zero-order valence-electron chi connectivity index (χ0n) is 10.6. The largest absolute Gasteiger partial charge is 0.380 e. The molecule has 0 atom stereocenters. The quantitative estimate of drug-likeness (QED) is 0.682. The monoisotopic (exact) mass is 366 g/mol. The van der Waals surface area contributed by atoms with Gasteiger partial charge in [0.25, 0.3) is 0 Å². The van der Waals surface area contributed by atoms with Crippen LogP contribution in [-0.2, 0) is 0 Å². The van der Waals surface area contributed by atoms with Gasteiger partial charge < -0.3 is 10.3 Å². The van der Waals surface area contributed by atoms with Crippen LogP contribution in [0.1, 0.15) is 0 Å². The number of halogens is 3. The lowest BCUT2D eigenvalue weighted by atomic mass is 10.0. The van der Waals surface area contributed by atoms with Crippen LogP contribution in [0.4, 0.5) is 10.2 Å². The molecule has 3 rings (SSSR count). The maximum Gasteiger partial charge on any atom is 0.177 e. The van der Waals surface area contributed by atoms with E-state index in [1.54, 1.807) is 36.4 Å². The van der Waals surface area contributed by atoms with Crippen LogP contribution in [0.15, 0.2) is 51.5 Å². The molecule has 3 nitrogen and oxygen atoms in total. The topological polar surface area (TPSA) is 52.0 Å². The van der Waals surface area contributed by atoms with E-state index in [2.05, 4.69) is 21.1 Å². The fourth-order valence-corrected chi connectivity index (χ4v) is 2.49. The normalized spacial score (nSPS) is 10.8. The van der Waals surface area contributed by atoms with Gasteiger partial charge in [0.05, 0.1) is 10.6 Å². The first kappa shape index (κ1) is 14.1. The molecule has 0 unspecified atom stereocenters. The number of anilines is 1. The van der Waals surface area contributed by atoms with Gasteiger partial charge in [0.2, 0.25) is 0 Å². The highest BCUT2D eigenvalue weighted by atomic mass is 79.9. The van der Waals surface area contributed by atoms with Gasteiger partial charge in [-0.25, -0.2) is 4.39 Å². The van der Waals surface area contributed by atoms with Gasteiger partial charge in [-0.3, -0.25) is 0 Å². The summed E-state index contributed by atoms with van der Waals surface area (Å²) < 4.78 is 20.0. The Morgan fingerprint density at radius 3 is 2.67 bits per heavy atom. The summed E-state index contributed by atoms with van der Waals surface area (Å²) in [6.07, 6.45) is 0. The fraction of sp³-hybridized carbons (Fsp3) is 0. The Hall–Kier alpha value is -1.85. The third kappa shape index (κ3) is 2.54. The molecule has 0 saturated heterocycles. The molecule has 21 heavy (non-hydrogen) atoms. The number of nitrogen functional groups attached to an aromatic ring is 1. The summed E-state index contributed by atoms with van der Waals surface area (Å²) in [5.74, 6) is 0.123. The lowest BCUT2D eigenvalue weighted by Gasteiger charge is -2.05. The van der Waals surface area contributed by atoms with Crippen molar-refractivity contribution in [2.75, 3.05) is 5.73 Å². The van der Waals surface area contributed by atoms with Crippen molar-refractivity contribution in [2.24, 2.45) is 0 Å². The van der Waals surface area contributed by atoms with E-state index < -0.39 is 5.82 Å². The molecular weight excluding hydrogens is 359 g/mol. The zero-order chi connectivity index (χ0) is 15.0. The summed E-state index contributed by atoms with van der Waals surface area (Å²) in [4.78, 5) is 0. The highest BCUT2D eigenvalue weighted by Gasteiger charge is 2.20. The number of hydrogen-bond acceptors (Lipinski definition) is 3. The molecule has 0 radical (unpaired) electrons.